The highest BCUT2D eigenvalue weighted by Gasteiger charge is 1.66. The molecule has 0 aliphatic rings. The number of hydrogen-bond donors (Lipinski definition) is 0. The topological polar surface area (TPSA) is 350 Å². The molecule has 0 aromatic carbocycles. The predicted octanol–water partition coefficient (Wildman–Crippen LogP) is 5.60. The molecule has 60 heavy (non-hydrogen) atoms. The van der Waals surface area contributed by atoms with Crippen molar-refractivity contribution in [1.29, 1.82) is 0 Å². The lowest BCUT2D eigenvalue weighted by atomic mass is 10.8. The Hall–Kier alpha value is -7.94. The van der Waals surface area contributed by atoms with Crippen molar-refractivity contribution in [1.82, 2.24) is 99.2 Å². The second kappa shape index (κ2) is 47.2. The number of nitrogens with zero attached hydrogens (tertiary/aromatic N) is 20. The molecule has 0 unspecified atom stereocenters. The molecule has 27 nitrogen and oxygen atoms in total. The van der Waals surface area contributed by atoms with Gasteiger partial charge in [-0.05, 0) is 35.2 Å². The number of rotatable bonds is 0. The summed E-state index contributed by atoms with van der Waals surface area (Å²) in [6.45, 7) is 0. The number of aromatic nitrogens is 20. The van der Waals surface area contributed by atoms with Gasteiger partial charge in [-0.15, -0.1) is 53.3 Å². The van der Waals surface area contributed by atoms with Gasteiger partial charge in [-0.25, -0.2) is 19.6 Å². The van der Waals surface area contributed by atoms with Gasteiger partial charge in [-0.2, -0.15) is 13.1 Å². The van der Waals surface area contributed by atoms with Gasteiger partial charge in [0.1, 0.15) is 47.9 Å². The Balaban J connectivity index is 0.000000327. The lowest BCUT2D eigenvalue weighted by Crippen LogP contribution is -1.53. The monoisotopic (exact) mass is 916 g/mol. The van der Waals surface area contributed by atoms with Crippen molar-refractivity contribution in [2.24, 2.45) is 0 Å². The van der Waals surface area contributed by atoms with Gasteiger partial charge < -0.3 is 26.9 Å². The van der Waals surface area contributed by atoms with Crippen molar-refractivity contribution in [2.45, 2.75) is 0 Å². The van der Waals surface area contributed by atoms with Crippen LogP contribution in [-0.2, 0) is 0 Å². The lowest BCUT2D eigenvalue weighted by molar-refractivity contribution is 0.307. The summed E-state index contributed by atoms with van der Waals surface area (Å²) in [6.07, 6.45) is 29.9. The predicted molar refractivity (Wildman–Crippen MR) is 208 cm³/mol. The van der Waals surface area contributed by atoms with E-state index < -0.39 is 0 Å². The number of hydrogen-bond acceptors (Lipinski definition) is 32. The maximum Gasteiger partial charge on any atom is 0.213 e. The molecule has 0 fully saturated rings. The van der Waals surface area contributed by atoms with E-state index in [2.05, 4.69) is 131 Å². The van der Waals surface area contributed by atoms with Gasteiger partial charge in [0.2, 0.25) is 19.2 Å². The third-order valence-corrected chi connectivity index (χ3v) is 5.90. The van der Waals surface area contributed by atoms with Crippen molar-refractivity contribution in [2.75, 3.05) is 0 Å². The van der Waals surface area contributed by atoms with Gasteiger partial charge in [0.15, 0.2) is 12.7 Å². The van der Waals surface area contributed by atoms with Crippen molar-refractivity contribution in [3.63, 3.8) is 0 Å². The van der Waals surface area contributed by atoms with Crippen molar-refractivity contribution in [3.05, 3.63) is 170 Å². The summed E-state index contributed by atoms with van der Waals surface area (Å²) in [5.41, 5.74) is 6.83. The van der Waals surface area contributed by atoms with E-state index in [0.717, 1.165) is 0 Å². The molecule has 0 saturated carbocycles. The molecule has 0 saturated heterocycles. The van der Waals surface area contributed by atoms with Crippen LogP contribution in [0.4, 0.5) is 0 Å². The summed E-state index contributed by atoms with van der Waals surface area (Å²) >= 11 is 7.01. The second-order valence-electron chi connectivity index (χ2n) is 7.40. The number of thiazole rings is 1. The van der Waals surface area contributed by atoms with E-state index in [1.165, 1.54) is 128 Å². The third kappa shape index (κ3) is 44.5. The molecule has 0 N–H and O–H groups in total. The van der Waals surface area contributed by atoms with Crippen LogP contribution in [0, 0.1) is 0 Å². The summed E-state index contributed by atoms with van der Waals surface area (Å²) in [6, 6.07) is 3.44. The first kappa shape index (κ1) is 50.1. The molecule has 0 radical (unpaired) electrons. The van der Waals surface area contributed by atoms with Crippen LogP contribution < -0.4 is 0 Å². The van der Waals surface area contributed by atoms with Gasteiger partial charge in [-0.3, -0.25) is 4.98 Å². The smallest absolute Gasteiger partial charge is 0.213 e. The van der Waals surface area contributed by atoms with Gasteiger partial charge in [-0.1, -0.05) is 30.3 Å². The molecule has 0 bridgehead atoms. The fraction of sp³-hybridized carbons (Fsp3) is 0. The summed E-state index contributed by atoms with van der Waals surface area (Å²) in [4.78, 5) is 14.4. The van der Waals surface area contributed by atoms with E-state index in [0.29, 0.717) is 0 Å². The highest BCUT2D eigenvalue weighted by molar-refractivity contribution is 7.07. The van der Waals surface area contributed by atoms with E-state index in [9.17, 15) is 0 Å². The van der Waals surface area contributed by atoms with Crippen molar-refractivity contribution < 1.29 is 31.6 Å². The average Bonchev–Trinajstić information content (AvgIpc) is 4.19. The molecule has 12 rings (SSSR count). The summed E-state index contributed by atoms with van der Waals surface area (Å²) in [5.74, 6) is 0. The minimum Gasteiger partial charge on any atom is -0.452 e. The summed E-state index contributed by atoms with van der Waals surface area (Å²) in [7, 11) is 0. The standard InChI is InChI=1S/3C3H3NO.C3H3NS.4C2H2N2O.4C2H2N2S/c1-2-5-3-4-1;2*1-2-4-5-3-1;1-2-5-3-4-1;1-3-4-2-5-1;1-3-2-5-4-1;1-2-5-4-3-1;1-2-4-5-3-1;1-3-4-2-5-1;1-3-2-5-4-1;1-2-5-4-3-1;1-2-4-5-3-1/h4*1-3H;8*1-2H. The minimum atomic E-state index is 1.21. The molecular formula is C28H28N20O7S5. The highest BCUT2D eigenvalue weighted by Crippen LogP contribution is 1.86. The summed E-state index contributed by atoms with van der Waals surface area (Å²) in [5, 5.41) is 43.6. The second-order valence-corrected chi connectivity index (χ2v) is 10.7. The first-order chi connectivity index (χ1) is 30.0. The summed E-state index contributed by atoms with van der Waals surface area (Å²) < 4.78 is 44.5. The zero-order valence-electron chi connectivity index (χ0n) is 30.0. The van der Waals surface area contributed by atoms with Gasteiger partial charge in [0.25, 0.3) is 0 Å². The molecule has 0 aliphatic heterocycles. The van der Waals surface area contributed by atoms with Crippen molar-refractivity contribution >= 4 is 57.5 Å². The molecule has 32 heteroatoms. The van der Waals surface area contributed by atoms with Gasteiger partial charge >= 0.3 is 0 Å². The fourth-order valence-electron chi connectivity index (χ4n) is 1.79. The fourth-order valence-corrected chi connectivity index (χ4v) is 3.23. The van der Waals surface area contributed by atoms with Crippen LogP contribution in [0.2, 0.25) is 0 Å². The van der Waals surface area contributed by atoms with Gasteiger partial charge in [0.05, 0.1) is 73.0 Å². The Labute approximate surface area is 356 Å². The van der Waals surface area contributed by atoms with E-state index in [-0.39, 0.29) is 0 Å². The van der Waals surface area contributed by atoms with Crippen LogP contribution in [0.5, 0.6) is 0 Å². The largest absolute Gasteiger partial charge is 0.452 e. The highest BCUT2D eigenvalue weighted by atomic mass is 32.1. The molecule has 12 heterocycles. The Morgan fingerprint density at radius 3 is 1.35 bits per heavy atom. The molecule has 312 valence electrons. The van der Waals surface area contributed by atoms with Crippen LogP contribution in [0.1, 0.15) is 0 Å². The molecule has 0 atom stereocenters. The van der Waals surface area contributed by atoms with E-state index >= 15 is 0 Å². The average molecular weight is 917 g/mol. The third-order valence-electron chi connectivity index (χ3n) is 3.65. The maximum absolute atomic E-state index is 4.47. The zero-order chi connectivity index (χ0) is 42.4. The van der Waals surface area contributed by atoms with E-state index in [1.807, 2.05) is 10.8 Å². The van der Waals surface area contributed by atoms with Crippen LogP contribution in [-0.4, -0.2) is 99.2 Å². The SMILES string of the molecule is c1cnoc1.c1cnoc1.c1cnon1.c1cnsn1.c1cocn1.c1conn1.c1cscn1.c1csnn1.c1ncon1.c1ncsn1.c1nnco1.c1nncs1. The Morgan fingerprint density at radius 1 is 0.383 bits per heavy atom. The molecule has 0 amide bonds. The lowest BCUT2D eigenvalue weighted by Gasteiger charge is -1.48. The van der Waals surface area contributed by atoms with Crippen LogP contribution >= 0.6 is 57.5 Å². The first-order valence-corrected chi connectivity index (χ1v) is 19.2. The Kier molecular flexibility index (Phi) is 39.4. The minimum absolute atomic E-state index is 1.21. The van der Waals surface area contributed by atoms with Crippen LogP contribution in [0.3, 0.4) is 0 Å². The molecule has 12 aromatic rings. The normalized spacial score (nSPS) is 8.00. The van der Waals surface area contributed by atoms with E-state index in [4.69, 9.17) is 0 Å². The quantitative estimate of drug-likeness (QED) is 0.179. The molecular weight excluding hydrogens is 889 g/mol. The molecule has 12 aromatic heterocycles. The van der Waals surface area contributed by atoms with E-state index in [1.54, 1.807) is 88.9 Å². The van der Waals surface area contributed by atoms with Crippen LogP contribution in [0.25, 0.3) is 0 Å². The van der Waals surface area contributed by atoms with Crippen LogP contribution in [0.15, 0.2) is 202 Å². The molecule has 0 spiro atoms. The maximum atomic E-state index is 4.47. The van der Waals surface area contributed by atoms with Crippen molar-refractivity contribution in [3.8, 4) is 0 Å². The zero-order valence-corrected chi connectivity index (χ0v) is 34.1. The Bertz CT molecular complexity index is 1340. The first-order valence-electron chi connectivity index (χ1n) is 14.9. The van der Waals surface area contributed by atoms with Gasteiger partial charge in [0, 0.05) is 22.2 Å². The number of oxazole rings is 1. The molecule has 0 aliphatic carbocycles. The Morgan fingerprint density at radius 2 is 1.17 bits per heavy atom.